The van der Waals surface area contributed by atoms with Gasteiger partial charge in [-0.15, -0.1) is 28.1 Å². The molecule has 5 nitrogen and oxygen atoms in total. The summed E-state index contributed by atoms with van der Waals surface area (Å²) in [5.41, 5.74) is 7.34. The maximum absolute atomic E-state index is 4.93. The lowest BCUT2D eigenvalue weighted by atomic mass is 10.0. The second-order valence-electron chi connectivity index (χ2n) is 8.94. The molecule has 0 saturated heterocycles. The van der Waals surface area contributed by atoms with E-state index in [-0.39, 0.29) is 0 Å². The molecule has 7 heteroatoms. The van der Waals surface area contributed by atoms with E-state index in [2.05, 4.69) is 82.2 Å². The second-order valence-corrected chi connectivity index (χ2v) is 10.7. The van der Waals surface area contributed by atoms with E-state index in [9.17, 15) is 0 Å². The summed E-state index contributed by atoms with van der Waals surface area (Å²) in [7, 11) is 0. The van der Waals surface area contributed by atoms with Gasteiger partial charge in [-0.3, -0.25) is 4.57 Å². The van der Waals surface area contributed by atoms with Crippen molar-refractivity contribution in [3.8, 4) is 33.2 Å². The van der Waals surface area contributed by atoms with Crippen LogP contribution < -0.4 is 0 Å². The Morgan fingerprint density at radius 1 is 0.895 bits per heavy atom. The number of hydrogen-bond donors (Lipinski definition) is 0. The Labute approximate surface area is 230 Å². The number of pyridine rings is 1. The molecule has 0 N–H and O–H groups in total. The molecule has 0 bridgehead atoms. The van der Waals surface area contributed by atoms with Crippen molar-refractivity contribution in [2.24, 2.45) is 0 Å². The Hall–Kier alpha value is -4.07. The molecule has 0 aliphatic rings. The Morgan fingerprint density at radius 3 is 2.50 bits per heavy atom. The number of aromatic nitrogens is 5. The number of thioether (sulfide) groups is 1. The lowest BCUT2D eigenvalue weighted by molar-refractivity contribution is 0.731. The molecule has 0 amide bonds. The molecule has 38 heavy (non-hydrogen) atoms. The highest BCUT2D eigenvalue weighted by Crippen LogP contribution is 2.34. The number of thiazole rings is 1. The van der Waals surface area contributed by atoms with Crippen LogP contribution in [0, 0.1) is 6.92 Å². The Bertz CT molecular complexity index is 1720. The summed E-state index contributed by atoms with van der Waals surface area (Å²) < 4.78 is 2.13. The number of fused-ring (bicyclic) bond motifs is 1. The Balaban J connectivity index is 1.34. The number of benzene rings is 3. The molecule has 3 aromatic carbocycles. The van der Waals surface area contributed by atoms with E-state index in [0.29, 0.717) is 12.3 Å². The minimum Gasteiger partial charge on any atom is -0.298 e. The number of nitrogens with zero attached hydrogens (tertiary/aromatic N) is 5. The van der Waals surface area contributed by atoms with E-state index in [0.717, 1.165) is 55.0 Å². The van der Waals surface area contributed by atoms with Gasteiger partial charge in [0.2, 0.25) is 0 Å². The Morgan fingerprint density at radius 2 is 1.68 bits per heavy atom. The Kier molecular flexibility index (Phi) is 6.86. The molecule has 0 fully saturated rings. The molecule has 0 atom stereocenters. The predicted molar refractivity (Wildman–Crippen MR) is 158 cm³/mol. The third-order valence-corrected chi connectivity index (χ3v) is 8.20. The second kappa shape index (κ2) is 10.7. The first kappa shape index (κ1) is 24.3. The van der Waals surface area contributed by atoms with Crippen molar-refractivity contribution in [1.29, 1.82) is 0 Å². The van der Waals surface area contributed by atoms with Gasteiger partial charge in [0.1, 0.15) is 5.01 Å². The summed E-state index contributed by atoms with van der Waals surface area (Å²) in [5.74, 6) is 1.52. The molecule has 3 aromatic heterocycles. The van der Waals surface area contributed by atoms with Crippen molar-refractivity contribution in [3.05, 3.63) is 114 Å². The zero-order valence-corrected chi connectivity index (χ0v) is 22.5. The van der Waals surface area contributed by atoms with Gasteiger partial charge in [-0.25, -0.2) is 9.97 Å². The molecular weight excluding hydrogens is 507 g/mol. The smallest absolute Gasteiger partial charge is 0.192 e. The maximum atomic E-state index is 4.93. The van der Waals surface area contributed by atoms with Crippen molar-refractivity contribution in [1.82, 2.24) is 24.7 Å². The van der Waals surface area contributed by atoms with E-state index >= 15 is 0 Å². The van der Waals surface area contributed by atoms with Crippen molar-refractivity contribution in [2.45, 2.75) is 24.4 Å². The fraction of sp³-hybridized carbons (Fsp3) is 0.0968. The number of allylic oxidation sites excluding steroid dienone is 1. The zero-order valence-electron chi connectivity index (χ0n) is 20.9. The highest BCUT2D eigenvalue weighted by Gasteiger charge is 2.18. The summed E-state index contributed by atoms with van der Waals surface area (Å²) >= 11 is 3.31. The first-order valence-corrected chi connectivity index (χ1v) is 14.2. The van der Waals surface area contributed by atoms with Crippen LogP contribution in [0.25, 0.3) is 44.1 Å². The normalized spacial score (nSPS) is 11.2. The van der Waals surface area contributed by atoms with E-state index in [1.165, 1.54) is 5.56 Å². The van der Waals surface area contributed by atoms with Crippen molar-refractivity contribution < 1.29 is 0 Å². The molecular formula is C31H25N5S2. The quantitative estimate of drug-likeness (QED) is 0.147. The van der Waals surface area contributed by atoms with Crippen molar-refractivity contribution in [3.63, 3.8) is 0 Å². The molecule has 0 spiro atoms. The van der Waals surface area contributed by atoms with Crippen LogP contribution in [-0.4, -0.2) is 24.7 Å². The average molecular weight is 532 g/mol. The predicted octanol–water partition coefficient (Wildman–Crippen LogP) is 8.07. The summed E-state index contributed by atoms with van der Waals surface area (Å²) in [4.78, 5) is 9.80. The lowest BCUT2D eigenvalue weighted by Crippen LogP contribution is -2.02. The molecule has 6 rings (SSSR count). The van der Waals surface area contributed by atoms with Gasteiger partial charge in [0.15, 0.2) is 11.0 Å². The molecule has 0 saturated carbocycles. The highest BCUT2D eigenvalue weighted by molar-refractivity contribution is 7.98. The van der Waals surface area contributed by atoms with Crippen LogP contribution in [0.1, 0.15) is 11.3 Å². The van der Waals surface area contributed by atoms with Crippen molar-refractivity contribution in [2.75, 3.05) is 0 Å². The van der Waals surface area contributed by atoms with Gasteiger partial charge in [-0.05, 0) is 19.1 Å². The van der Waals surface area contributed by atoms with Crippen LogP contribution in [0.15, 0.2) is 108 Å². The lowest BCUT2D eigenvalue weighted by Gasteiger charge is -2.12. The summed E-state index contributed by atoms with van der Waals surface area (Å²) in [5, 5.41) is 14.3. The molecule has 0 aliphatic carbocycles. The molecule has 0 aliphatic heterocycles. The van der Waals surface area contributed by atoms with Crippen LogP contribution in [0.3, 0.4) is 0 Å². The largest absolute Gasteiger partial charge is 0.298 e. The molecule has 186 valence electrons. The van der Waals surface area contributed by atoms with Gasteiger partial charge in [0.05, 0.1) is 16.9 Å². The zero-order chi connectivity index (χ0) is 25.9. The highest BCUT2D eigenvalue weighted by atomic mass is 32.2. The topological polar surface area (TPSA) is 56.5 Å². The summed E-state index contributed by atoms with van der Waals surface area (Å²) in [6.45, 7) is 6.69. The van der Waals surface area contributed by atoms with Gasteiger partial charge < -0.3 is 0 Å². The van der Waals surface area contributed by atoms with E-state index < -0.39 is 0 Å². The third kappa shape index (κ3) is 4.90. The van der Waals surface area contributed by atoms with Crippen LogP contribution in [-0.2, 0) is 12.3 Å². The molecule has 0 unspecified atom stereocenters. The third-order valence-electron chi connectivity index (χ3n) is 6.25. The minimum absolute atomic E-state index is 0.605. The van der Waals surface area contributed by atoms with E-state index in [4.69, 9.17) is 9.97 Å². The van der Waals surface area contributed by atoms with Gasteiger partial charge in [-0.1, -0.05) is 96.2 Å². The van der Waals surface area contributed by atoms with Crippen LogP contribution in [0.5, 0.6) is 0 Å². The monoisotopic (exact) mass is 531 g/mol. The fourth-order valence-electron chi connectivity index (χ4n) is 4.35. The van der Waals surface area contributed by atoms with Gasteiger partial charge in [0.25, 0.3) is 0 Å². The van der Waals surface area contributed by atoms with Crippen LogP contribution in [0.4, 0.5) is 0 Å². The van der Waals surface area contributed by atoms with E-state index in [1.54, 1.807) is 23.1 Å². The number of hydrogen-bond acceptors (Lipinski definition) is 6. The number of rotatable bonds is 8. The molecule has 3 heterocycles. The number of para-hydroxylation sites is 1. The first-order chi connectivity index (χ1) is 18.7. The van der Waals surface area contributed by atoms with Gasteiger partial charge in [-0.2, -0.15) is 0 Å². The van der Waals surface area contributed by atoms with Crippen LogP contribution >= 0.6 is 23.1 Å². The summed E-state index contributed by atoms with van der Waals surface area (Å²) in [6, 6.07) is 29.0. The van der Waals surface area contributed by atoms with E-state index in [1.807, 2.05) is 42.5 Å². The fourth-order valence-corrected chi connectivity index (χ4v) is 6.12. The summed E-state index contributed by atoms with van der Waals surface area (Å²) in [6.07, 6.45) is 1.89. The first-order valence-electron chi connectivity index (χ1n) is 12.3. The SMILES string of the molecule is C=CCn1c(SCc2csc(-c3ccc(C)cc3)n2)nnc1-c1cc(-c2ccccc2)nc2ccccc12. The molecule has 6 aromatic rings. The van der Waals surface area contributed by atoms with Gasteiger partial charge >= 0.3 is 0 Å². The standard InChI is InChI=1S/C31H25N5S2/c1-3-17-36-29(26-18-28(22-9-5-4-6-10-22)33-27-12-8-7-11-25(26)27)34-35-31(36)38-20-24-19-37-30(32-24)23-15-13-21(2)14-16-23/h3-16,18-19H,1,17,20H2,2H3. The number of aryl methyl sites for hydroxylation is 1. The minimum atomic E-state index is 0.605. The van der Waals surface area contributed by atoms with Crippen LogP contribution in [0.2, 0.25) is 0 Å². The van der Waals surface area contributed by atoms with Gasteiger partial charge in [0, 0.05) is 39.8 Å². The molecule has 0 radical (unpaired) electrons. The average Bonchev–Trinajstić information content (AvgIpc) is 3.60. The van der Waals surface area contributed by atoms with Crippen molar-refractivity contribution >= 4 is 34.0 Å². The maximum Gasteiger partial charge on any atom is 0.192 e.